The third kappa shape index (κ3) is 3.54. The van der Waals surface area contributed by atoms with Crippen molar-refractivity contribution < 1.29 is 9.53 Å². The third-order valence-electron chi connectivity index (χ3n) is 4.30. The lowest BCUT2D eigenvalue weighted by Crippen LogP contribution is -2.42. The van der Waals surface area contributed by atoms with Crippen molar-refractivity contribution in [3.63, 3.8) is 0 Å². The molecular weight excluding hydrogens is 304 g/mol. The molecule has 2 aromatic rings. The topological polar surface area (TPSA) is 60.2 Å². The molecule has 0 aliphatic carbocycles. The molecule has 0 spiro atoms. The van der Waals surface area contributed by atoms with Gasteiger partial charge < -0.3 is 9.64 Å². The molecule has 2 aromatic heterocycles. The first-order chi connectivity index (χ1) is 11.7. The molecule has 0 unspecified atom stereocenters. The van der Waals surface area contributed by atoms with Crippen LogP contribution in [0.5, 0.6) is 0 Å². The largest absolute Gasteiger partial charge is 0.372 e. The van der Waals surface area contributed by atoms with Crippen LogP contribution in [0.15, 0.2) is 49.6 Å². The van der Waals surface area contributed by atoms with Crippen LogP contribution in [0.25, 0.3) is 0 Å². The summed E-state index contributed by atoms with van der Waals surface area (Å²) in [6, 6.07) is 3.50. The van der Waals surface area contributed by atoms with Gasteiger partial charge in [0.15, 0.2) is 0 Å². The summed E-state index contributed by atoms with van der Waals surface area (Å²) in [6.07, 6.45) is 10.4. The van der Waals surface area contributed by atoms with E-state index >= 15 is 0 Å². The van der Waals surface area contributed by atoms with Gasteiger partial charge >= 0.3 is 0 Å². The Kier molecular flexibility index (Phi) is 5.05. The molecule has 1 aliphatic rings. The third-order valence-corrected chi connectivity index (χ3v) is 4.30. The van der Waals surface area contributed by atoms with Crippen molar-refractivity contribution in [3.8, 4) is 0 Å². The van der Waals surface area contributed by atoms with Crippen LogP contribution in [0.2, 0.25) is 0 Å². The highest BCUT2D eigenvalue weighted by molar-refractivity contribution is 5.94. The highest BCUT2D eigenvalue weighted by Gasteiger charge is 2.38. The Hall–Kier alpha value is -2.47. The second-order valence-corrected chi connectivity index (χ2v) is 5.98. The maximum Gasteiger partial charge on any atom is 0.254 e. The molecule has 1 saturated heterocycles. The average molecular weight is 326 g/mol. The van der Waals surface area contributed by atoms with Gasteiger partial charge in [0.25, 0.3) is 5.91 Å². The predicted octanol–water partition coefficient (Wildman–Crippen LogP) is 1.84. The summed E-state index contributed by atoms with van der Waals surface area (Å²) in [4.78, 5) is 18.8. The Morgan fingerprint density at radius 3 is 2.92 bits per heavy atom. The van der Waals surface area contributed by atoms with Crippen LogP contribution in [-0.4, -0.2) is 50.9 Å². The predicted molar refractivity (Wildman–Crippen MR) is 90.5 cm³/mol. The molecule has 3 heterocycles. The molecular formula is C18H22N4O2. The molecule has 2 atom stereocenters. The molecule has 0 saturated carbocycles. The van der Waals surface area contributed by atoms with E-state index in [0.29, 0.717) is 18.7 Å². The van der Waals surface area contributed by atoms with Crippen LogP contribution >= 0.6 is 0 Å². The molecule has 0 aromatic carbocycles. The first kappa shape index (κ1) is 16.4. The number of carbonyl (C=O) groups excluding carboxylic acids is 1. The van der Waals surface area contributed by atoms with Crippen molar-refractivity contribution in [2.45, 2.75) is 25.0 Å². The molecule has 6 nitrogen and oxygen atoms in total. The fourth-order valence-electron chi connectivity index (χ4n) is 3.18. The minimum Gasteiger partial charge on any atom is -0.372 e. The van der Waals surface area contributed by atoms with Crippen molar-refractivity contribution >= 4 is 5.91 Å². The summed E-state index contributed by atoms with van der Waals surface area (Å²) in [6.45, 7) is 4.89. The van der Waals surface area contributed by atoms with E-state index in [1.807, 2.05) is 24.3 Å². The average Bonchev–Trinajstić information content (AvgIpc) is 3.20. The summed E-state index contributed by atoms with van der Waals surface area (Å²) >= 11 is 0. The van der Waals surface area contributed by atoms with Gasteiger partial charge in [0.1, 0.15) is 0 Å². The van der Waals surface area contributed by atoms with Crippen molar-refractivity contribution in [3.05, 3.63) is 60.7 Å². The van der Waals surface area contributed by atoms with Gasteiger partial charge in [0.2, 0.25) is 0 Å². The van der Waals surface area contributed by atoms with Crippen molar-refractivity contribution in [1.82, 2.24) is 19.7 Å². The number of pyridine rings is 1. The van der Waals surface area contributed by atoms with Crippen molar-refractivity contribution in [2.75, 3.05) is 13.2 Å². The van der Waals surface area contributed by atoms with Crippen molar-refractivity contribution in [1.29, 1.82) is 0 Å². The second-order valence-electron chi connectivity index (χ2n) is 5.98. The van der Waals surface area contributed by atoms with Gasteiger partial charge in [-0.25, -0.2) is 0 Å². The zero-order chi connectivity index (χ0) is 16.9. The first-order valence-corrected chi connectivity index (χ1v) is 8.10. The van der Waals surface area contributed by atoms with E-state index in [2.05, 4.69) is 16.7 Å². The number of hydrogen-bond donors (Lipinski definition) is 0. The summed E-state index contributed by atoms with van der Waals surface area (Å²) in [5.41, 5.74) is 1.76. The van der Waals surface area contributed by atoms with Crippen LogP contribution in [0.1, 0.15) is 22.3 Å². The number of rotatable bonds is 6. The van der Waals surface area contributed by atoms with E-state index in [1.165, 1.54) is 0 Å². The summed E-state index contributed by atoms with van der Waals surface area (Å²) in [5.74, 6) is 0.0241. The van der Waals surface area contributed by atoms with Crippen LogP contribution in [0, 0.1) is 0 Å². The molecule has 3 rings (SSSR count). The summed E-state index contributed by atoms with van der Waals surface area (Å²) in [7, 11) is 1.89. The van der Waals surface area contributed by atoms with Crippen LogP contribution < -0.4 is 0 Å². The number of aryl methyl sites for hydroxylation is 1. The zero-order valence-corrected chi connectivity index (χ0v) is 13.8. The molecule has 1 aliphatic heterocycles. The van der Waals surface area contributed by atoms with Gasteiger partial charge in [-0.15, -0.1) is 6.58 Å². The number of aromatic nitrogens is 3. The number of ether oxygens (including phenoxy) is 1. The minimum absolute atomic E-state index is 0.00480. The number of nitrogens with zero attached hydrogens (tertiary/aromatic N) is 4. The molecule has 1 amide bonds. The Labute approximate surface area is 141 Å². The first-order valence-electron chi connectivity index (χ1n) is 8.10. The van der Waals surface area contributed by atoms with E-state index in [9.17, 15) is 4.79 Å². The Bertz CT molecular complexity index is 698. The number of amides is 1. The van der Waals surface area contributed by atoms with Gasteiger partial charge in [-0.05, 0) is 30.5 Å². The molecule has 126 valence electrons. The molecule has 24 heavy (non-hydrogen) atoms. The van der Waals surface area contributed by atoms with Gasteiger partial charge in [-0.1, -0.05) is 6.08 Å². The molecule has 0 bridgehead atoms. The number of carbonyl (C=O) groups is 1. The maximum atomic E-state index is 12.9. The van der Waals surface area contributed by atoms with Crippen molar-refractivity contribution in [2.24, 2.45) is 7.05 Å². The van der Waals surface area contributed by atoms with E-state index < -0.39 is 0 Å². The Morgan fingerprint density at radius 1 is 1.46 bits per heavy atom. The van der Waals surface area contributed by atoms with Crippen LogP contribution in [-0.2, 0) is 18.2 Å². The van der Waals surface area contributed by atoms with E-state index in [-0.39, 0.29) is 18.1 Å². The fraction of sp³-hybridized carbons (Fsp3) is 0.389. The maximum absolute atomic E-state index is 12.9. The quantitative estimate of drug-likeness (QED) is 0.760. The van der Waals surface area contributed by atoms with E-state index in [4.69, 9.17) is 4.74 Å². The lowest BCUT2D eigenvalue weighted by Gasteiger charge is -2.28. The minimum atomic E-state index is -0.00480. The standard InChI is InChI=1S/C18H22N4O2/c1-3-10-24-17-6-9-22(18(23)15-4-7-19-8-5-15)16(17)11-14-12-20-21(2)13-14/h3-5,7-8,12-13,16-17H,1,6,9-11H2,2H3/t16-,17-/m0/s1. The van der Waals surface area contributed by atoms with Gasteiger partial charge in [0.05, 0.1) is 24.9 Å². The normalized spacial score (nSPS) is 20.3. The van der Waals surface area contributed by atoms with Gasteiger partial charge in [-0.2, -0.15) is 5.10 Å². The lowest BCUT2D eigenvalue weighted by atomic mass is 10.0. The molecule has 1 fully saturated rings. The SMILES string of the molecule is C=CCO[C@H]1CCN(C(=O)c2ccncc2)[C@H]1Cc1cnn(C)c1. The lowest BCUT2D eigenvalue weighted by molar-refractivity contribution is 0.0380. The van der Waals surface area contributed by atoms with Gasteiger partial charge in [0, 0.05) is 37.7 Å². The zero-order valence-electron chi connectivity index (χ0n) is 13.8. The number of likely N-dealkylation sites (tertiary alicyclic amines) is 1. The summed E-state index contributed by atoms with van der Waals surface area (Å²) in [5, 5.41) is 4.22. The Morgan fingerprint density at radius 2 is 2.25 bits per heavy atom. The molecule has 6 heteroatoms. The van der Waals surface area contributed by atoms with Gasteiger partial charge in [-0.3, -0.25) is 14.5 Å². The monoisotopic (exact) mass is 326 g/mol. The highest BCUT2D eigenvalue weighted by Crippen LogP contribution is 2.26. The fourth-order valence-corrected chi connectivity index (χ4v) is 3.18. The second kappa shape index (κ2) is 7.40. The van der Waals surface area contributed by atoms with Crippen LogP contribution in [0.4, 0.5) is 0 Å². The number of hydrogen-bond acceptors (Lipinski definition) is 4. The smallest absolute Gasteiger partial charge is 0.254 e. The highest BCUT2D eigenvalue weighted by atomic mass is 16.5. The van der Waals surface area contributed by atoms with Crippen LogP contribution in [0.3, 0.4) is 0 Å². The molecule has 0 radical (unpaired) electrons. The Balaban J connectivity index is 1.80. The van der Waals surface area contributed by atoms with E-state index in [0.717, 1.165) is 18.4 Å². The van der Waals surface area contributed by atoms with E-state index in [1.54, 1.807) is 35.3 Å². The molecule has 0 N–H and O–H groups in total. The summed E-state index contributed by atoms with van der Waals surface area (Å²) < 4.78 is 7.69.